The zero-order chi connectivity index (χ0) is 14.1. The van der Waals surface area contributed by atoms with E-state index in [1.165, 1.54) is 37.8 Å². The van der Waals surface area contributed by atoms with E-state index in [0.29, 0.717) is 6.04 Å². The molecule has 0 aliphatic heterocycles. The van der Waals surface area contributed by atoms with E-state index in [9.17, 15) is 0 Å². The lowest BCUT2D eigenvalue weighted by atomic mass is 10.2. The monoisotopic (exact) mass is 276 g/mol. The van der Waals surface area contributed by atoms with Crippen LogP contribution in [0.25, 0.3) is 0 Å². The van der Waals surface area contributed by atoms with Gasteiger partial charge in [0.05, 0.1) is 6.54 Å². The first-order valence-electron chi connectivity index (χ1n) is 8.17. The Morgan fingerprint density at radius 2 is 2.05 bits per heavy atom. The Labute approximate surface area is 122 Å². The molecule has 0 amide bonds. The maximum atomic E-state index is 5.90. The third-order valence-corrected chi connectivity index (χ3v) is 4.38. The van der Waals surface area contributed by atoms with Crippen LogP contribution in [0, 0.1) is 12.8 Å². The van der Waals surface area contributed by atoms with Gasteiger partial charge in [-0.2, -0.15) is 0 Å². The van der Waals surface area contributed by atoms with E-state index in [2.05, 4.69) is 37.1 Å². The van der Waals surface area contributed by atoms with Crippen molar-refractivity contribution in [2.24, 2.45) is 5.92 Å². The second-order valence-corrected chi connectivity index (χ2v) is 6.93. The summed E-state index contributed by atoms with van der Waals surface area (Å²) in [7, 11) is 0. The first-order valence-corrected chi connectivity index (χ1v) is 8.17. The summed E-state index contributed by atoms with van der Waals surface area (Å²) in [6.45, 7) is 9.66. The van der Waals surface area contributed by atoms with Crippen molar-refractivity contribution in [1.29, 1.82) is 0 Å². The zero-order valence-corrected chi connectivity index (χ0v) is 13.1. The summed E-state index contributed by atoms with van der Waals surface area (Å²) in [6, 6.07) is 3.61. The third kappa shape index (κ3) is 3.86. The van der Waals surface area contributed by atoms with Crippen molar-refractivity contribution in [3.05, 3.63) is 23.2 Å². The molecule has 3 rings (SSSR count). The van der Waals surface area contributed by atoms with Gasteiger partial charge in [0.25, 0.3) is 0 Å². The molecule has 3 nitrogen and oxygen atoms in total. The Morgan fingerprint density at radius 1 is 1.30 bits per heavy atom. The summed E-state index contributed by atoms with van der Waals surface area (Å²) in [6.07, 6.45) is 5.67. The van der Waals surface area contributed by atoms with E-state index >= 15 is 0 Å². The topological polar surface area (TPSA) is 28.4 Å². The molecule has 1 N–H and O–H groups in total. The van der Waals surface area contributed by atoms with Crippen molar-refractivity contribution < 1.29 is 4.42 Å². The Bertz CT molecular complexity index is 444. The van der Waals surface area contributed by atoms with Crippen molar-refractivity contribution in [3.63, 3.8) is 0 Å². The molecule has 0 radical (unpaired) electrons. The molecule has 1 aromatic heterocycles. The van der Waals surface area contributed by atoms with Crippen molar-refractivity contribution in [1.82, 2.24) is 10.2 Å². The predicted molar refractivity (Wildman–Crippen MR) is 81.6 cm³/mol. The lowest BCUT2D eigenvalue weighted by Crippen LogP contribution is -2.27. The van der Waals surface area contributed by atoms with E-state index in [4.69, 9.17) is 4.42 Å². The van der Waals surface area contributed by atoms with E-state index in [1.54, 1.807) is 0 Å². The molecule has 0 atom stereocenters. The Kier molecular flexibility index (Phi) is 4.18. The second-order valence-electron chi connectivity index (χ2n) is 6.93. The van der Waals surface area contributed by atoms with Gasteiger partial charge in [0.1, 0.15) is 11.5 Å². The lowest BCUT2D eigenvalue weighted by molar-refractivity contribution is 0.242. The van der Waals surface area contributed by atoms with Gasteiger partial charge in [-0.15, -0.1) is 0 Å². The van der Waals surface area contributed by atoms with Crippen molar-refractivity contribution in [3.8, 4) is 0 Å². The molecule has 0 unspecified atom stereocenters. The summed E-state index contributed by atoms with van der Waals surface area (Å²) in [5, 5.41) is 3.43. The Morgan fingerprint density at radius 3 is 2.65 bits per heavy atom. The van der Waals surface area contributed by atoms with Gasteiger partial charge >= 0.3 is 0 Å². The van der Waals surface area contributed by atoms with Crippen LogP contribution in [0.4, 0.5) is 0 Å². The Hall–Kier alpha value is -0.800. The van der Waals surface area contributed by atoms with Crippen LogP contribution in [-0.4, -0.2) is 23.5 Å². The first-order chi connectivity index (χ1) is 9.61. The number of hydrogen-bond donors (Lipinski definition) is 1. The highest BCUT2D eigenvalue weighted by Gasteiger charge is 2.34. The average Bonchev–Trinajstić information content (AvgIpc) is 3.27. The summed E-state index contributed by atoms with van der Waals surface area (Å²) < 4.78 is 5.90. The molecule has 0 bridgehead atoms. The van der Waals surface area contributed by atoms with Crippen molar-refractivity contribution in [2.45, 2.75) is 71.6 Å². The number of rotatable bonds is 8. The largest absolute Gasteiger partial charge is 0.465 e. The maximum Gasteiger partial charge on any atom is 0.118 e. The van der Waals surface area contributed by atoms with Crippen LogP contribution in [-0.2, 0) is 13.1 Å². The van der Waals surface area contributed by atoms with Gasteiger partial charge in [-0.3, -0.25) is 4.90 Å². The smallest absolute Gasteiger partial charge is 0.118 e. The van der Waals surface area contributed by atoms with Crippen LogP contribution in [0.5, 0.6) is 0 Å². The van der Waals surface area contributed by atoms with Crippen LogP contribution in [0.3, 0.4) is 0 Å². The normalized spacial score (nSPS) is 19.2. The fourth-order valence-corrected chi connectivity index (χ4v) is 2.77. The quantitative estimate of drug-likeness (QED) is 0.788. The standard InChI is InChI=1S/C17H28N2O/c1-12(2)18-9-17-8-15(13(3)20-17)11-19(16-6-7-16)10-14-4-5-14/h8,12,14,16,18H,4-7,9-11H2,1-3H3. The minimum absolute atomic E-state index is 0.502. The molecular formula is C17H28N2O. The minimum Gasteiger partial charge on any atom is -0.465 e. The van der Waals surface area contributed by atoms with Gasteiger partial charge in [0.15, 0.2) is 0 Å². The minimum atomic E-state index is 0.502. The number of aryl methyl sites for hydroxylation is 1. The van der Waals surface area contributed by atoms with Gasteiger partial charge in [-0.25, -0.2) is 0 Å². The molecule has 20 heavy (non-hydrogen) atoms. The van der Waals surface area contributed by atoms with E-state index in [1.807, 2.05) is 0 Å². The van der Waals surface area contributed by atoms with E-state index in [0.717, 1.165) is 36.6 Å². The summed E-state index contributed by atoms with van der Waals surface area (Å²) in [4.78, 5) is 2.69. The first kappa shape index (κ1) is 14.2. The van der Waals surface area contributed by atoms with E-state index in [-0.39, 0.29) is 0 Å². The highest BCUT2D eigenvalue weighted by molar-refractivity contribution is 5.21. The molecule has 0 spiro atoms. The number of nitrogens with zero attached hydrogens (tertiary/aromatic N) is 1. The summed E-state index contributed by atoms with van der Waals surface area (Å²) in [5.74, 6) is 3.16. The molecule has 1 aromatic rings. The molecular weight excluding hydrogens is 248 g/mol. The second kappa shape index (κ2) is 5.90. The third-order valence-electron chi connectivity index (χ3n) is 4.38. The highest BCUT2D eigenvalue weighted by atomic mass is 16.3. The maximum absolute atomic E-state index is 5.90. The molecule has 3 heteroatoms. The lowest BCUT2D eigenvalue weighted by Gasteiger charge is -2.21. The fourth-order valence-electron chi connectivity index (χ4n) is 2.77. The van der Waals surface area contributed by atoms with Gasteiger partial charge in [0.2, 0.25) is 0 Å². The summed E-state index contributed by atoms with van der Waals surface area (Å²) >= 11 is 0. The molecule has 2 aliphatic rings. The average molecular weight is 276 g/mol. The van der Waals surface area contributed by atoms with Crippen molar-refractivity contribution in [2.75, 3.05) is 6.54 Å². The zero-order valence-electron chi connectivity index (χ0n) is 13.1. The van der Waals surface area contributed by atoms with Crippen LogP contribution >= 0.6 is 0 Å². The van der Waals surface area contributed by atoms with Gasteiger partial charge < -0.3 is 9.73 Å². The van der Waals surface area contributed by atoms with Crippen LogP contribution in [0.1, 0.15) is 56.6 Å². The molecule has 2 aliphatic carbocycles. The Balaban J connectivity index is 1.59. The van der Waals surface area contributed by atoms with E-state index < -0.39 is 0 Å². The van der Waals surface area contributed by atoms with Crippen LogP contribution in [0.2, 0.25) is 0 Å². The van der Waals surface area contributed by atoms with Crippen LogP contribution in [0.15, 0.2) is 10.5 Å². The van der Waals surface area contributed by atoms with Gasteiger partial charge in [-0.1, -0.05) is 13.8 Å². The van der Waals surface area contributed by atoms with Crippen LogP contribution < -0.4 is 5.32 Å². The number of hydrogen-bond acceptors (Lipinski definition) is 3. The molecule has 112 valence electrons. The highest BCUT2D eigenvalue weighted by Crippen LogP contribution is 2.36. The predicted octanol–water partition coefficient (Wildman–Crippen LogP) is 3.46. The molecule has 2 fully saturated rings. The summed E-state index contributed by atoms with van der Waals surface area (Å²) in [5.41, 5.74) is 1.39. The number of nitrogens with one attached hydrogen (secondary N) is 1. The molecule has 2 saturated carbocycles. The molecule has 1 heterocycles. The van der Waals surface area contributed by atoms with Gasteiger partial charge in [-0.05, 0) is 44.6 Å². The van der Waals surface area contributed by atoms with Gasteiger partial charge in [0, 0.05) is 30.7 Å². The van der Waals surface area contributed by atoms with Crippen molar-refractivity contribution >= 4 is 0 Å². The molecule has 0 saturated heterocycles. The SMILES string of the molecule is Cc1oc(CNC(C)C)cc1CN(CC1CC1)C1CC1. The fraction of sp³-hybridized carbons (Fsp3) is 0.765. The number of furan rings is 1. The molecule has 0 aromatic carbocycles.